The van der Waals surface area contributed by atoms with E-state index in [1.54, 1.807) is 11.3 Å². The molecule has 1 N–H and O–H groups in total. The van der Waals surface area contributed by atoms with Gasteiger partial charge < -0.3 is 19.7 Å². The quantitative estimate of drug-likeness (QED) is 0.426. The zero-order valence-electron chi connectivity index (χ0n) is 20.1. The number of piperazine rings is 1. The smallest absolute Gasteiger partial charge is 0.318 e. The fourth-order valence-corrected chi connectivity index (χ4v) is 5.64. The second kappa shape index (κ2) is 9.96. The van der Waals surface area contributed by atoms with E-state index in [1.165, 1.54) is 11.1 Å². The zero-order valence-corrected chi connectivity index (χ0v) is 20.9. The molecule has 7 heteroatoms. The molecule has 1 aliphatic rings. The number of benzene rings is 2. The number of aryl methyl sites for hydroxylation is 1. The highest BCUT2D eigenvalue weighted by Crippen LogP contribution is 2.28. The van der Waals surface area contributed by atoms with Crippen LogP contribution in [0.5, 0.6) is 0 Å². The number of thiophene rings is 1. The van der Waals surface area contributed by atoms with Gasteiger partial charge in [-0.2, -0.15) is 0 Å². The van der Waals surface area contributed by atoms with E-state index in [0.29, 0.717) is 38.4 Å². The molecule has 4 aromatic rings. The second-order valence-corrected chi connectivity index (χ2v) is 10.1. The summed E-state index contributed by atoms with van der Waals surface area (Å²) in [6.07, 6.45) is 0. The first-order valence-corrected chi connectivity index (χ1v) is 12.9. The molecule has 1 fully saturated rings. The number of nitrogens with one attached hydrogen (secondary N) is 1. The lowest BCUT2D eigenvalue weighted by Gasteiger charge is -2.39. The Kier molecular flexibility index (Phi) is 6.59. The number of amides is 3. The molecule has 0 bridgehead atoms. The van der Waals surface area contributed by atoms with Gasteiger partial charge in [-0.1, -0.05) is 54.6 Å². The van der Waals surface area contributed by atoms with Gasteiger partial charge in [-0.05, 0) is 48.1 Å². The van der Waals surface area contributed by atoms with Gasteiger partial charge in [0.2, 0.25) is 0 Å². The Labute approximate surface area is 209 Å². The zero-order chi connectivity index (χ0) is 24.4. The minimum atomic E-state index is -0.0862. The molecule has 0 spiro atoms. The van der Waals surface area contributed by atoms with E-state index in [0.717, 1.165) is 15.8 Å². The van der Waals surface area contributed by atoms with Crippen LogP contribution < -0.4 is 5.32 Å². The summed E-state index contributed by atoms with van der Waals surface area (Å²) in [5.41, 5.74) is 4.20. The predicted octanol–water partition coefficient (Wildman–Crippen LogP) is 5.12. The maximum Gasteiger partial charge on any atom is 0.318 e. The van der Waals surface area contributed by atoms with Gasteiger partial charge in [0.05, 0.1) is 0 Å². The van der Waals surface area contributed by atoms with Crippen molar-refractivity contribution in [1.82, 2.24) is 19.7 Å². The molecule has 5 rings (SSSR count). The Morgan fingerprint density at radius 1 is 1.03 bits per heavy atom. The SMILES string of the molecule is Cc1ccccc1Cn1c(C(=O)N2CCN(C(=O)NCc3ccccc3)[C@@H](C)C2)cc2ccsc21. The van der Waals surface area contributed by atoms with E-state index in [-0.39, 0.29) is 18.0 Å². The summed E-state index contributed by atoms with van der Waals surface area (Å²) < 4.78 is 2.15. The first-order valence-electron chi connectivity index (χ1n) is 12.0. The Morgan fingerprint density at radius 2 is 1.80 bits per heavy atom. The van der Waals surface area contributed by atoms with E-state index in [2.05, 4.69) is 40.4 Å². The Bertz CT molecular complexity index is 1340. The third-order valence-corrected chi connectivity index (χ3v) is 7.72. The minimum Gasteiger partial charge on any atom is -0.334 e. The number of fused-ring (bicyclic) bond motifs is 1. The minimum absolute atomic E-state index is 0.0261. The Balaban J connectivity index is 1.29. The van der Waals surface area contributed by atoms with Crippen molar-refractivity contribution in [3.05, 3.63) is 94.5 Å². The van der Waals surface area contributed by atoms with Crippen LogP contribution in [0, 0.1) is 6.92 Å². The predicted molar refractivity (Wildman–Crippen MR) is 141 cm³/mol. The number of urea groups is 1. The standard InChI is InChI=1S/C28H30N4O2S/c1-20-8-6-7-11-24(20)19-32-25(16-23-12-15-35-27(23)32)26(33)30-13-14-31(21(2)18-30)28(34)29-17-22-9-4-3-5-10-22/h3-12,15-16,21H,13-14,17-19H2,1-2H3,(H,29,34)/t21-/m0/s1. The molecule has 3 amide bonds. The van der Waals surface area contributed by atoms with Crippen LogP contribution in [0.15, 0.2) is 72.1 Å². The van der Waals surface area contributed by atoms with E-state index in [9.17, 15) is 9.59 Å². The van der Waals surface area contributed by atoms with Gasteiger partial charge in [0.15, 0.2) is 0 Å². The van der Waals surface area contributed by atoms with E-state index >= 15 is 0 Å². The third-order valence-electron chi connectivity index (χ3n) is 6.77. The molecular formula is C28H30N4O2S. The van der Waals surface area contributed by atoms with Crippen molar-refractivity contribution >= 4 is 33.5 Å². The van der Waals surface area contributed by atoms with Crippen LogP contribution in [-0.4, -0.2) is 52.0 Å². The number of hydrogen-bond donors (Lipinski definition) is 1. The molecular weight excluding hydrogens is 456 g/mol. The average molecular weight is 487 g/mol. The second-order valence-electron chi connectivity index (χ2n) is 9.16. The Morgan fingerprint density at radius 3 is 2.57 bits per heavy atom. The first-order chi connectivity index (χ1) is 17.0. The maximum atomic E-state index is 13.7. The fraction of sp³-hybridized carbons (Fsp3) is 0.286. The molecule has 3 heterocycles. The lowest BCUT2D eigenvalue weighted by Crippen LogP contribution is -2.57. The summed E-state index contributed by atoms with van der Waals surface area (Å²) >= 11 is 1.66. The highest BCUT2D eigenvalue weighted by Gasteiger charge is 2.31. The molecule has 0 radical (unpaired) electrons. The fourth-order valence-electron chi connectivity index (χ4n) is 4.75. The van der Waals surface area contributed by atoms with Gasteiger partial charge in [0.1, 0.15) is 10.5 Å². The highest BCUT2D eigenvalue weighted by atomic mass is 32.1. The van der Waals surface area contributed by atoms with Crippen molar-refractivity contribution in [3.63, 3.8) is 0 Å². The van der Waals surface area contributed by atoms with Crippen molar-refractivity contribution in [3.8, 4) is 0 Å². The lowest BCUT2D eigenvalue weighted by atomic mass is 10.1. The van der Waals surface area contributed by atoms with Crippen molar-refractivity contribution in [2.75, 3.05) is 19.6 Å². The molecule has 180 valence electrons. The monoisotopic (exact) mass is 486 g/mol. The van der Waals surface area contributed by atoms with Crippen LogP contribution in [0.2, 0.25) is 0 Å². The molecule has 2 aromatic heterocycles. The Hall–Kier alpha value is -3.58. The molecule has 0 aliphatic carbocycles. The summed E-state index contributed by atoms with van der Waals surface area (Å²) in [6.45, 7) is 6.82. The van der Waals surface area contributed by atoms with Crippen molar-refractivity contribution < 1.29 is 9.59 Å². The van der Waals surface area contributed by atoms with Crippen LogP contribution in [-0.2, 0) is 13.1 Å². The maximum absolute atomic E-state index is 13.7. The van der Waals surface area contributed by atoms with Gasteiger partial charge in [0, 0.05) is 44.2 Å². The normalized spacial score (nSPS) is 16.0. The molecule has 6 nitrogen and oxygen atoms in total. The summed E-state index contributed by atoms with van der Waals surface area (Å²) in [5, 5.41) is 6.18. The molecule has 1 saturated heterocycles. The first kappa shape index (κ1) is 23.2. The third kappa shape index (κ3) is 4.82. The highest BCUT2D eigenvalue weighted by molar-refractivity contribution is 7.16. The van der Waals surface area contributed by atoms with Gasteiger partial charge >= 0.3 is 6.03 Å². The summed E-state index contributed by atoms with van der Waals surface area (Å²) in [6, 6.07) is 22.1. The summed E-state index contributed by atoms with van der Waals surface area (Å²) in [5.74, 6) is 0.0261. The van der Waals surface area contributed by atoms with Crippen LogP contribution in [0.25, 0.3) is 10.2 Å². The summed E-state index contributed by atoms with van der Waals surface area (Å²) in [7, 11) is 0. The molecule has 0 unspecified atom stereocenters. The van der Waals surface area contributed by atoms with Crippen molar-refractivity contribution in [1.29, 1.82) is 0 Å². The van der Waals surface area contributed by atoms with Crippen molar-refractivity contribution in [2.45, 2.75) is 33.0 Å². The van der Waals surface area contributed by atoms with Crippen LogP contribution in [0.3, 0.4) is 0 Å². The molecule has 1 atom stereocenters. The topological polar surface area (TPSA) is 57.6 Å². The van der Waals surface area contributed by atoms with Gasteiger partial charge in [0.25, 0.3) is 5.91 Å². The summed E-state index contributed by atoms with van der Waals surface area (Å²) in [4.78, 5) is 31.3. The van der Waals surface area contributed by atoms with E-state index < -0.39 is 0 Å². The van der Waals surface area contributed by atoms with Crippen LogP contribution >= 0.6 is 11.3 Å². The molecule has 1 aliphatic heterocycles. The van der Waals surface area contributed by atoms with Crippen molar-refractivity contribution in [2.24, 2.45) is 0 Å². The molecule has 2 aromatic carbocycles. The van der Waals surface area contributed by atoms with E-state index in [4.69, 9.17) is 0 Å². The number of carbonyl (C=O) groups is 2. The van der Waals surface area contributed by atoms with E-state index in [1.807, 2.05) is 65.3 Å². The van der Waals surface area contributed by atoms with Crippen LogP contribution in [0.1, 0.15) is 34.1 Å². The largest absolute Gasteiger partial charge is 0.334 e. The van der Waals surface area contributed by atoms with Gasteiger partial charge in [-0.15, -0.1) is 11.3 Å². The van der Waals surface area contributed by atoms with Gasteiger partial charge in [-0.25, -0.2) is 4.79 Å². The number of nitrogens with zero attached hydrogens (tertiary/aromatic N) is 3. The van der Waals surface area contributed by atoms with Gasteiger partial charge in [-0.3, -0.25) is 4.79 Å². The number of hydrogen-bond acceptors (Lipinski definition) is 3. The number of rotatable bonds is 5. The molecule has 0 saturated carbocycles. The lowest BCUT2D eigenvalue weighted by molar-refractivity contribution is 0.0570. The average Bonchev–Trinajstić information content (AvgIpc) is 3.46. The number of aromatic nitrogens is 1. The van der Waals surface area contributed by atoms with Crippen LogP contribution in [0.4, 0.5) is 4.79 Å². The molecule has 35 heavy (non-hydrogen) atoms. The number of carbonyl (C=O) groups excluding carboxylic acids is 2.